The maximum Gasteiger partial charge on any atom is 0.327 e. The summed E-state index contributed by atoms with van der Waals surface area (Å²) in [5.41, 5.74) is 3.56. The first-order valence-electron chi connectivity index (χ1n) is 13.0. The van der Waals surface area contributed by atoms with E-state index >= 15 is 0 Å². The molecule has 6 nitrogen and oxygen atoms in total. The van der Waals surface area contributed by atoms with Crippen molar-refractivity contribution in [1.82, 2.24) is 19.1 Å². The minimum Gasteiger partial charge on any atom is -0.370 e. The number of aryl methyl sites for hydroxylation is 1. The highest BCUT2D eigenvalue weighted by Crippen LogP contribution is 2.33. The lowest BCUT2D eigenvalue weighted by atomic mass is 9.85. The number of rotatable bonds is 11. The molecule has 0 radical (unpaired) electrons. The molecule has 2 N–H and O–H groups in total. The number of anilines is 1. The van der Waals surface area contributed by atoms with Crippen LogP contribution in [0.15, 0.2) is 95.8 Å². The third-order valence-corrected chi connectivity index (χ3v) is 7.20. The van der Waals surface area contributed by atoms with Gasteiger partial charge in [0, 0.05) is 43.5 Å². The average molecular weight is 532 g/mol. The summed E-state index contributed by atoms with van der Waals surface area (Å²) in [4.78, 5) is 20.1. The molecule has 0 saturated carbocycles. The van der Waals surface area contributed by atoms with Crippen molar-refractivity contribution >= 4 is 17.4 Å². The zero-order valence-corrected chi connectivity index (χ0v) is 21.9. The number of imidazole rings is 2. The Bertz CT molecular complexity index is 1470. The summed E-state index contributed by atoms with van der Waals surface area (Å²) in [7, 11) is 0. The molecule has 0 aliphatic heterocycles. The van der Waals surface area contributed by atoms with Crippen molar-refractivity contribution in [3.63, 3.8) is 0 Å². The normalized spacial score (nSPS) is 13.9. The van der Waals surface area contributed by atoms with Crippen LogP contribution in [0.25, 0.3) is 11.3 Å². The Morgan fingerprint density at radius 3 is 2.74 bits per heavy atom. The minimum absolute atomic E-state index is 0.0484. The Kier molecular flexibility index (Phi) is 8.24. The topological polar surface area (TPSA) is 67.6 Å². The van der Waals surface area contributed by atoms with Crippen molar-refractivity contribution in [3.8, 4) is 11.3 Å². The molecule has 1 atom stereocenters. The van der Waals surface area contributed by atoms with Gasteiger partial charge in [0.05, 0.1) is 17.0 Å². The Balaban J connectivity index is 1.39. The zero-order chi connectivity index (χ0) is 26.3. The molecule has 0 bridgehead atoms. The molecule has 1 aliphatic rings. The first kappa shape index (κ1) is 25.8. The predicted molar refractivity (Wildman–Crippen MR) is 151 cm³/mol. The standard InChI is InChI=1S/C30H31ClFN5O/c31-26-13-12-24(20-27(26)32)28-29(35-30(38)37(28)18-7-17-36-19-16-33-21-36)34-15-14-25(22-8-3-1-4-9-22)23-10-5-2-6-11-23/h1,3-5,8-13,16,19-21,25,34H,2,6-7,14-15,17-18H2,(H,35,38). The molecule has 5 rings (SSSR count). The summed E-state index contributed by atoms with van der Waals surface area (Å²) in [5, 5.41) is 3.50. The Hall–Kier alpha value is -3.84. The fourth-order valence-corrected chi connectivity index (χ4v) is 5.15. The van der Waals surface area contributed by atoms with Gasteiger partial charge in [-0.2, -0.15) is 0 Å². The van der Waals surface area contributed by atoms with Crippen molar-refractivity contribution in [1.29, 1.82) is 0 Å². The fourth-order valence-electron chi connectivity index (χ4n) is 5.03. The van der Waals surface area contributed by atoms with Crippen LogP contribution < -0.4 is 11.0 Å². The van der Waals surface area contributed by atoms with E-state index in [9.17, 15) is 9.18 Å². The predicted octanol–water partition coefficient (Wildman–Crippen LogP) is 6.78. The molecule has 8 heteroatoms. The highest BCUT2D eigenvalue weighted by molar-refractivity contribution is 6.30. The SMILES string of the molecule is O=c1[nH]c(NCCC(C2=CCCC=C2)c2ccccc2)c(-c2ccc(Cl)c(F)c2)n1CCCn1ccnc1. The molecule has 0 spiro atoms. The molecule has 1 aliphatic carbocycles. The summed E-state index contributed by atoms with van der Waals surface area (Å²) < 4.78 is 18.1. The molecule has 4 aromatic rings. The summed E-state index contributed by atoms with van der Waals surface area (Å²) in [5.74, 6) is 0.300. The van der Waals surface area contributed by atoms with Gasteiger partial charge in [-0.1, -0.05) is 66.2 Å². The zero-order valence-electron chi connectivity index (χ0n) is 21.1. The van der Waals surface area contributed by atoms with Gasteiger partial charge in [0.2, 0.25) is 0 Å². The minimum atomic E-state index is -0.520. The van der Waals surface area contributed by atoms with Crippen molar-refractivity contribution in [2.75, 3.05) is 11.9 Å². The third kappa shape index (κ3) is 6.00. The van der Waals surface area contributed by atoms with E-state index in [1.54, 1.807) is 23.2 Å². The summed E-state index contributed by atoms with van der Waals surface area (Å²) in [6.45, 7) is 1.82. The van der Waals surface area contributed by atoms with Gasteiger partial charge in [-0.3, -0.25) is 9.55 Å². The van der Waals surface area contributed by atoms with Gasteiger partial charge >= 0.3 is 5.69 Å². The van der Waals surface area contributed by atoms with Crippen molar-refractivity contribution < 1.29 is 4.39 Å². The van der Waals surface area contributed by atoms with Crippen LogP contribution >= 0.6 is 11.6 Å². The summed E-state index contributed by atoms with van der Waals surface area (Å²) in [6, 6.07) is 15.1. The second-order valence-electron chi connectivity index (χ2n) is 9.45. The van der Waals surface area contributed by atoms with E-state index in [2.05, 4.69) is 57.8 Å². The number of aromatic nitrogens is 4. The van der Waals surface area contributed by atoms with Gasteiger partial charge in [-0.25, -0.2) is 14.2 Å². The Labute approximate surface area is 226 Å². The van der Waals surface area contributed by atoms with Crippen LogP contribution in [0.3, 0.4) is 0 Å². The summed E-state index contributed by atoms with van der Waals surface area (Å²) >= 11 is 5.96. The van der Waals surface area contributed by atoms with E-state index in [1.807, 2.05) is 16.8 Å². The van der Waals surface area contributed by atoms with Gasteiger partial charge in [0.1, 0.15) is 11.6 Å². The maximum atomic E-state index is 14.5. The largest absolute Gasteiger partial charge is 0.370 e. The molecule has 1 unspecified atom stereocenters. The lowest BCUT2D eigenvalue weighted by Gasteiger charge is -2.21. The molecular formula is C30H31ClFN5O. The van der Waals surface area contributed by atoms with Crippen LogP contribution in [-0.4, -0.2) is 25.6 Å². The molecule has 0 saturated heterocycles. The van der Waals surface area contributed by atoms with Crippen LogP contribution in [0.5, 0.6) is 0 Å². The molecule has 196 valence electrons. The quantitative estimate of drug-likeness (QED) is 0.224. The Morgan fingerprint density at radius 1 is 1.13 bits per heavy atom. The molecule has 0 fully saturated rings. The number of hydrogen-bond acceptors (Lipinski definition) is 3. The third-order valence-electron chi connectivity index (χ3n) is 6.90. The average Bonchev–Trinajstić information content (AvgIpc) is 3.57. The van der Waals surface area contributed by atoms with E-state index < -0.39 is 5.82 Å². The van der Waals surface area contributed by atoms with Crippen molar-refractivity contribution in [2.24, 2.45) is 0 Å². The number of aromatic amines is 1. The molecule has 2 aromatic heterocycles. The van der Waals surface area contributed by atoms with E-state index in [0.717, 1.165) is 25.8 Å². The molecule has 38 heavy (non-hydrogen) atoms. The monoisotopic (exact) mass is 531 g/mol. The van der Waals surface area contributed by atoms with E-state index in [1.165, 1.54) is 23.3 Å². The van der Waals surface area contributed by atoms with Crippen LogP contribution in [0.1, 0.15) is 37.2 Å². The number of nitrogens with one attached hydrogen (secondary N) is 2. The molecular weight excluding hydrogens is 501 g/mol. The number of nitrogens with zero attached hydrogens (tertiary/aromatic N) is 3. The highest BCUT2D eigenvalue weighted by atomic mass is 35.5. The fraction of sp³-hybridized carbons (Fsp3) is 0.267. The second kappa shape index (κ2) is 12.1. The Morgan fingerprint density at radius 2 is 2.00 bits per heavy atom. The van der Waals surface area contributed by atoms with Gasteiger partial charge in [-0.05, 0) is 49.0 Å². The smallest absolute Gasteiger partial charge is 0.327 e. The number of hydrogen-bond donors (Lipinski definition) is 2. The van der Waals surface area contributed by atoms with Gasteiger partial charge < -0.3 is 9.88 Å². The van der Waals surface area contributed by atoms with Crippen LogP contribution in [-0.2, 0) is 13.1 Å². The number of halogens is 2. The second-order valence-corrected chi connectivity index (χ2v) is 9.86. The molecule has 2 aromatic carbocycles. The van der Waals surface area contributed by atoms with E-state index in [0.29, 0.717) is 36.6 Å². The maximum absolute atomic E-state index is 14.5. The number of benzene rings is 2. The lowest BCUT2D eigenvalue weighted by molar-refractivity contribution is 0.556. The first-order chi connectivity index (χ1) is 18.6. The summed E-state index contributed by atoms with van der Waals surface area (Å²) in [6.07, 6.45) is 15.8. The van der Waals surface area contributed by atoms with E-state index in [4.69, 9.17) is 11.6 Å². The van der Waals surface area contributed by atoms with Crippen molar-refractivity contribution in [2.45, 2.75) is 44.7 Å². The number of H-pyrrole nitrogens is 1. The number of allylic oxidation sites excluding steroid dienone is 4. The van der Waals surface area contributed by atoms with Crippen LogP contribution in [0, 0.1) is 5.82 Å². The van der Waals surface area contributed by atoms with Crippen molar-refractivity contribution in [3.05, 3.63) is 118 Å². The van der Waals surface area contributed by atoms with E-state index in [-0.39, 0.29) is 16.6 Å². The highest BCUT2D eigenvalue weighted by Gasteiger charge is 2.20. The molecule has 2 heterocycles. The molecule has 0 amide bonds. The van der Waals surface area contributed by atoms with Gasteiger partial charge in [0.15, 0.2) is 0 Å². The first-order valence-corrected chi connectivity index (χ1v) is 13.4. The van der Waals surface area contributed by atoms with Crippen LogP contribution in [0.4, 0.5) is 10.2 Å². The van der Waals surface area contributed by atoms with Crippen LogP contribution in [0.2, 0.25) is 5.02 Å². The van der Waals surface area contributed by atoms with Gasteiger partial charge in [0.25, 0.3) is 0 Å². The lowest BCUT2D eigenvalue weighted by Crippen LogP contribution is -2.18. The van der Waals surface area contributed by atoms with Gasteiger partial charge in [-0.15, -0.1) is 0 Å².